The van der Waals surface area contributed by atoms with Crippen LogP contribution in [0.15, 0.2) is 48.5 Å². The first-order valence-electron chi connectivity index (χ1n) is 8.99. The summed E-state index contributed by atoms with van der Waals surface area (Å²) in [5, 5.41) is 2.87. The highest BCUT2D eigenvalue weighted by Crippen LogP contribution is 2.24. The normalized spacial score (nSPS) is 15.7. The van der Waals surface area contributed by atoms with Crippen LogP contribution in [0.2, 0.25) is 0 Å². The van der Waals surface area contributed by atoms with Crippen molar-refractivity contribution in [2.75, 3.05) is 16.6 Å². The summed E-state index contributed by atoms with van der Waals surface area (Å²) in [6.07, 6.45) is 0.720. The molecule has 1 N–H and O–H groups in total. The van der Waals surface area contributed by atoms with Gasteiger partial charge in [0, 0.05) is 18.7 Å². The molecule has 1 saturated heterocycles. The van der Waals surface area contributed by atoms with E-state index in [-0.39, 0.29) is 17.8 Å². The number of hydrogen-bond donors (Lipinski definition) is 1. The third kappa shape index (κ3) is 4.80. The van der Waals surface area contributed by atoms with Crippen LogP contribution < -0.4 is 14.4 Å². The molecule has 0 aliphatic carbocycles. The predicted molar refractivity (Wildman–Crippen MR) is 106 cm³/mol. The molecular formula is C20H24N2O4S. The largest absolute Gasteiger partial charge is 0.491 e. The van der Waals surface area contributed by atoms with Gasteiger partial charge < -0.3 is 10.1 Å². The van der Waals surface area contributed by atoms with Crippen LogP contribution in [0, 0.1) is 0 Å². The molecule has 0 spiro atoms. The molecule has 144 valence electrons. The minimum atomic E-state index is -3.26. The van der Waals surface area contributed by atoms with Gasteiger partial charge >= 0.3 is 0 Å². The number of nitrogens with one attached hydrogen (secondary N) is 1. The van der Waals surface area contributed by atoms with Crippen LogP contribution in [-0.2, 0) is 16.6 Å². The average molecular weight is 388 g/mol. The fourth-order valence-corrected chi connectivity index (χ4v) is 4.53. The summed E-state index contributed by atoms with van der Waals surface area (Å²) >= 11 is 0. The fourth-order valence-electron chi connectivity index (χ4n) is 2.97. The van der Waals surface area contributed by atoms with E-state index >= 15 is 0 Å². The maximum Gasteiger partial charge on any atom is 0.251 e. The number of carbonyl (C=O) groups excluding carboxylic acids is 1. The number of hydrogen-bond acceptors (Lipinski definition) is 4. The molecule has 0 atom stereocenters. The maximum absolute atomic E-state index is 12.5. The lowest BCUT2D eigenvalue weighted by molar-refractivity contribution is 0.0951. The second-order valence-electron chi connectivity index (χ2n) is 6.79. The Labute approximate surface area is 160 Å². The van der Waals surface area contributed by atoms with E-state index in [1.807, 2.05) is 38.1 Å². The zero-order valence-electron chi connectivity index (χ0n) is 15.5. The Morgan fingerprint density at radius 1 is 1.19 bits per heavy atom. The minimum absolute atomic E-state index is 0.113. The molecule has 1 fully saturated rings. The Kier molecular flexibility index (Phi) is 5.70. The van der Waals surface area contributed by atoms with E-state index in [2.05, 4.69) is 5.32 Å². The molecular weight excluding hydrogens is 364 g/mol. The van der Waals surface area contributed by atoms with Crippen molar-refractivity contribution >= 4 is 21.6 Å². The van der Waals surface area contributed by atoms with Crippen LogP contribution >= 0.6 is 0 Å². The van der Waals surface area contributed by atoms with Gasteiger partial charge in [0.1, 0.15) is 5.75 Å². The molecule has 1 heterocycles. The smallest absolute Gasteiger partial charge is 0.251 e. The molecule has 0 radical (unpaired) electrons. The van der Waals surface area contributed by atoms with Gasteiger partial charge in [0.2, 0.25) is 10.0 Å². The standard InChI is InChI=1S/C20H24N2O4S/c1-15(2)26-19-9-7-16(8-10-19)14-21-20(23)17-5-3-6-18(13-17)22-11-4-12-27(22,24)25/h3,5-10,13,15H,4,11-12,14H2,1-2H3,(H,21,23). The summed E-state index contributed by atoms with van der Waals surface area (Å²) in [6.45, 7) is 4.77. The molecule has 0 aromatic heterocycles. The van der Waals surface area contributed by atoms with E-state index in [9.17, 15) is 13.2 Å². The highest BCUT2D eigenvalue weighted by Gasteiger charge is 2.28. The Morgan fingerprint density at radius 3 is 2.56 bits per heavy atom. The second-order valence-corrected chi connectivity index (χ2v) is 8.80. The Bertz CT molecular complexity index is 908. The van der Waals surface area contributed by atoms with Crippen LogP contribution in [0.3, 0.4) is 0 Å². The highest BCUT2D eigenvalue weighted by atomic mass is 32.2. The SMILES string of the molecule is CC(C)Oc1ccc(CNC(=O)c2cccc(N3CCCS3(=O)=O)c2)cc1. The third-order valence-corrected chi connectivity index (χ3v) is 6.11. The predicted octanol–water partition coefficient (Wildman–Crippen LogP) is 2.94. The molecule has 6 nitrogen and oxygen atoms in total. The molecule has 1 aliphatic rings. The van der Waals surface area contributed by atoms with Crippen molar-refractivity contribution in [2.24, 2.45) is 0 Å². The monoisotopic (exact) mass is 388 g/mol. The lowest BCUT2D eigenvalue weighted by Gasteiger charge is -2.17. The first-order chi connectivity index (χ1) is 12.8. The topological polar surface area (TPSA) is 75.7 Å². The van der Waals surface area contributed by atoms with Gasteiger partial charge in [0.25, 0.3) is 5.91 Å². The molecule has 0 saturated carbocycles. The molecule has 3 rings (SSSR count). The summed E-state index contributed by atoms with van der Waals surface area (Å²) in [7, 11) is -3.26. The van der Waals surface area contributed by atoms with Crippen LogP contribution in [0.1, 0.15) is 36.2 Å². The van der Waals surface area contributed by atoms with Gasteiger partial charge in [0.15, 0.2) is 0 Å². The van der Waals surface area contributed by atoms with Crippen LogP contribution in [0.5, 0.6) is 5.75 Å². The summed E-state index contributed by atoms with van der Waals surface area (Å²) < 4.78 is 31.1. The van der Waals surface area contributed by atoms with Gasteiger partial charge in [-0.15, -0.1) is 0 Å². The zero-order chi connectivity index (χ0) is 19.4. The number of amides is 1. The van der Waals surface area contributed by atoms with Crippen molar-refractivity contribution < 1.29 is 17.9 Å². The lowest BCUT2D eigenvalue weighted by atomic mass is 10.1. The summed E-state index contributed by atoms with van der Waals surface area (Å²) in [5.74, 6) is 0.704. The van der Waals surface area contributed by atoms with E-state index < -0.39 is 10.0 Å². The molecule has 0 unspecified atom stereocenters. The van der Waals surface area contributed by atoms with Crippen molar-refractivity contribution in [2.45, 2.75) is 32.9 Å². The molecule has 2 aromatic rings. The van der Waals surface area contributed by atoms with Crippen molar-refractivity contribution in [1.82, 2.24) is 5.32 Å². The Morgan fingerprint density at radius 2 is 1.93 bits per heavy atom. The number of carbonyl (C=O) groups is 1. The molecule has 27 heavy (non-hydrogen) atoms. The zero-order valence-corrected chi connectivity index (χ0v) is 16.3. The number of benzene rings is 2. The number of nitrogens with zero attached hydrogens (tertiary/aromatic N) is 1. The van der Waals surface area contributed by atoms with Crippen LogP contribution in [-0.4, -0.2) is 32.7 Å². The number of sulfonamides is 1. The first-order valence-corrected chi connectivity index (χ1v) is 10.6. The van der Waals surface area contributed by atoms with Crippen molar-refractivity contribution in [1.29, 1.82) is 0 Å². The van der Waals surface area contributed by atoms with Gasteiger partial charge in [-0.2, -0.15) is 0 Å². The molecule has 2 aromatic carbocycles. The van der Waals surface area contributed by atoms with Crippen molar-refractivity contribution in [3.63, 3.8) is 0 Å². The van der Waals surface area contributed by atoms with Crippen LogP contribution in [0.25, 0.3) is 0 Å². The third-order valence-electron chi connectivity index (χ3n) is 4.24. The molecule has 1 amide bonds. The summed E-state index contributed by atoms with van der Waals surface area (Å²) in [5.41, 5.74) is 1.93. The second kappa shape index (κ2) is 8.00. The summed E-state index contributed by atoms with van der Waals surface area (Å²) in [6, 6.07) is 14.3. The van der Waals surface area contributed by atoms with Gasteiger partial charge in [-0.25, -0.2) is 8.42 Å². The van der Waals surface area contributed by atoms with E-state index in [1.165, 1.54) is 4.31 Å². The lowest BCUT2D eigenvalue weighted by Crippen LogP contribution is -2.26. The molecule has 0 bridgehead atoms. The first kappa shape index (κ1) is 19.2. The van der Waals surface area contributed by atoms with Gasteiger partial charge in [-0.3, -0.25) is 9.10 Å². The quantitative estimate of drug-likeness (QED) is 0.826. The van der Waals surface area contributed by atoms with Gasteiger partial charge in [-0.05, 0) is 56.2 Å². The summed E-state index contributed by atoms with van der Waals surface area (Å²) in [4.78, 5) is 12.5. The van der Waals surface area contributed by atoms with E-state index in [0.717, 1.165) is 11.3 Å². The molecule has 7 heteroatoms. The fraction of sp³-hybridized carbons (Fsp3) is 0.350. The van der Waals surface area contributed by atoms with Gasteiger partial charge in [-0.1, -0.05) is 18.2 Å². The molecule has 1 aliphatic heterocycles. The number of ether oxygens (including phenoxy) is 1. The number of anilines is 1. The van der Waals surface area contributed by atoms with Crippen molar-refractivity contribution in [3.8, 4) is 5.75 Å². The maximum atomic E-state index is 12.5. The minimum Gasteiger partial charge on any atom is -0.491 e. The number of rotatable bonds is 6. The van der Waals surface area contributed by atoms with E-state index in [4.69, 9.17) is 4.74 Å². The van der Waals surface area contributed by atoms with Gasteiger partial charge in [0.05, 0.1) is 17.5 Å². The Hall–Kier alpha value is -2.54. The Balaban J connectivity index is 1.64. The van der Waals surface area contributed by atoms with Crippen molar-refractivity contribution in [3.05, 3.63) is 59.7 Å². The highest BCUT2D eigenvalue weighted by molar-refractivity contribution is 7.93. The van der Waals surface area contributed by atoms with E-state index in [0.29, 0.717) is 30.8 Å². The van der Waals surface area contributed by atoms with Crippen LogP contribution in [0.4, 0.5) is 5.69 Å². The van der Waals surface area contributed by atoms with E-state index in [1.54, 1.807) is 24.3 Å². The average Bonchev–Trinajstić information content (AvgIpc) is 2.99.